The van der Waals surface area contributed by atoms with E-state index in [1.54, 1.807) is 17.0 Å². The van der Waals surface area contributed by atoms with Gasteiger partial charge < -0.3 is 4.90 Å². The van der Waals surface area contributed by atoms with Crippen molar-refractivity contribution in [3.63, 3.8) is 0 Å². The summed E-state index contributed by atoms with van der Waals surface area (Å²) in [6.45, 7) is 5.25. The highest BCUT2D eigenvalue weighted by Gasteiger charge is 2.23. The van der Waals surface area contributed by atoms with Crippen LogP contribution in [0.3, 0.4) is 0 Å². The molecule has 1 unspecified atom stereocenters. The SMILES string of the molecule is Cc1ccc(S(=O)(=O)NCC(=O)N2CCCC(C)C2)s1. The molecule has 1 aromatic heterocycles. The van der Waals surface area contributed by atoms with Gasteiger partial charge >= 0.3 is 0 Å². The minimum Gasteiger partial charge on any atom is -0.341 e. The Morgan fingerprint density at radius 2 is 2.25 bits per heavy atom. The Balaban J connectivity index is 1.92. The first-order valence-corrected chi connectivity index (χ1v) is 9.02. The number of sulfonamides is 1. The molecule has 112 valence electrons. The fourth-order valence-corrected chi connectivity index (χ4v) is 4.61. The summed E-state index contributed by atoms with van der Waals surface area (Å²) in [5.74, 6) is 0.345. The van der Waals surface area contributed by atoms with E-state index in [9.17, 15) is 13.2 Å². The summed E-state index contributed by atoms with van der Waals surface area (Å²) in [6.07, 6.45) is 2.12. The van der Waals surface area contributed by atoms with Crippen LogP contribution in [0.4, 0.5) is 0 Å². The van der Waals surface area contributed by atoms with Crippen molar-refractivity contribution in [2.24, 2.45) is 5.92 Å². The summed E-state index contributed by atoms with van der Waals surface area (Å²) in [5.41, 5.74) is 0. The third-order valence-electron chi connectivity index (χ3n) is 3.40. The number of carbonyl (C=O) groups excluding carboxylic acids is 1. The van der Waals surface area contributed by atoms with Gasteiger partial charge in [0.15, 0.2) is 0 Å². The number of amides is 1. The maximum absolute atomic E-state index is 12.0. The molecule has 5 nitrogen and oxygen atoms in total. The molecule has 7 heteroatoms. The van der Waals surface area contributed by atoms with Gasteiger partial charge in [0.05, 0.1) is 6.54 Å². The Hall–Kier alpha value is -0.920. The van der Waals surface area contributed by atoms with Gasteiger partial charge in [-0.25, -0.2) is 13.1 Å². The number of aryl methyl sites for hydroxylation is 1. The van der Waals surface area contributed by atoms with Crippen LogP contribution in [-0.2, 0) is 14.8 Å². The van der Waals surface area contributed by atoms with E-state index in [4.69, 9.17) is 0 Å². The van der Waals surface area contributed by atoms with E-state index in [0.29, 0.717) is 5.92 Å². The zero-order valence-corrected chi connectivity index (χ0v) is 13.4. The van der Waals surface area contributed by atoms with Crippen LogP contribution in [0.5, 0.6) is 0 Å². The molecule has 0 bridgehead atoms. The Bertz CT molecular complexity index is 580. The summed E-state index contributed by atoms with van der Waals surface area (Å²) >= 11 is 1.21. The number of nitrogens with one attached hydrogen (secondary N) is 1. The van der Waals surface area contributed by atoms with Crippen LogP contribution in [-0.4, -0.2) is 38.9 Å². The lowest BCUT2D eigenvalue weighted by atomic mass is 10.0. The zero-order valence-electron chi connectivity index (χ0n) is 11.8. The minimum absolute atomic E-state index is 0.145. The van der Waals surface area contributed by atoms with E-state index in [2.05, 4.69) is 11.6 Å². The quantitative estimate of drug-likeness (QED) is 0.917. The van der Waals surface area contributed by atoms with Crippen LogP contribution in [0.2, 0.25) is 0 Å². The average molecular weight is 316 g/mol. The summed E-state index contributed by atoms with van der Waals surface area (Å²) in [6, 6.07) is 3.32. The molecule has 0 saturated carbocycles. The second-order valence-electron chi connectivity index (χ2n) is 5.28. The fourth-order valence-electron chi connectivity index (χ4n) is 2.31. The molecule has 20 heavy (non-hydrogen) atoms. The first kappa shape index (κ1) is 15.5. The standard InChI is InChI=1S/C13H20N2O3S2/c1-10-4-3-7-15(9-10)12(16)8-14-20(17,18)13-6-5-11(2)19-13/h5-6,10,14H,3-4,7-9H2,1-2H3. The van der Waals surface area contributed by atoms with E-state index in [0.717, 1.165) is 30.8 Å². The number of piperidine rings is 1. The normalized spacial score (nSPS) is 20.1. The van der Waals surface area contributed by atoms with Crippen LogP contribution in [0, 0.1) is 12.8 Å². The van der Waals surface area contributed by atoms with Crippen LogP contribution >= 0.6 is 11.3 Å². The second kappa shape index (κ2) is 6.24. The number of carbonyl (C=O) groups is 1. The van der Waals surface area contributed by atoms with Crippen LogP contribution in [0.1, 0.15) is 24.6 Å². The Morgan fingerprint density at radius 3 is 2.85 bits per heavy atom. The monoisotopic (exact) mass is 316 g/mol. The van der Waals surface area contributed by atoms with Crippen molar-refractivity contribution in [3.8, 4) is 0 Å². The molecular weight excluding hydrogens is 296 g/mol. The molecule has 1 N–H and O–H groups in total. The van der Waals surface area contributed by atoms with E-state index in [1.165, 1.54) is 11.3 Å². The van der Waals surface area contributed by atoms with Crippen molar-refractivity contribution in [2.75, 3.05) is 19.6 Å². The maximum Gasteiger partial charge on any atom is 0.250 e. The van der Waals surface area contributed by atoms with Gasteiger partial charge in [-0.15, -0.1) is 11.3 Å². The lowest BCUT2D eigenvalue weighted by Gasteiger charge is -2.30. The Morgan fingerprint density at radius 1 is 1.50 bits per heavy atom. The lowest BCUT2D eigenvalue weighted by Crippen LogP contribution is -2.44. The highest BCUT2D eigenvalue weighted by Crippen LogP contribution is 2.20. The first-order chi connectivity index (χ1) is 9.38. The van der Waals surface area contributed by atoms with Crippen LogP contribution in [0.25, 0.3) is 0 Å². The smallest absolute Gasteiger partial charge is 0.250 e. The van der Waals surface area contributed by atoms with Gasteiger partial charge in [-0.3, -0.25) is 4.79 Å². The molecule has 1 amide bonds. The Labute approximate surface area is 124 Å². The van der Waals surface area contributed by atoms with Crippen molar-refractivity contribution in [2.45, 2.75) is 30.9 Å². The van der Waals surface area contributed by atoms with E-state index in [1.807, 2.05) is 6.92 Å². The molecule has 0 spiro atoms. The van der Waals surface area contributed by atoms with E-state index < -0.39 is 10.0 Å². The van der Waals surface area contributed by atoms with Crippen molar-refractivity contribution >= 4 is 27.3 Å². The molecule has 2 heterocycles. The van der Waals surface area contributed by atoms with Crippen molar-refractivity contribution < 1.29 is 13.2 Å². The Kier molecular flexibility index (Phi) is 4.82. The highest BCUT2D eigenvalue weighted by molar-refractivity contribution is 7.91. The molecular formula is C13H20N2O3S2. The molecule has 1 aromatic rings. The van der Waals surface area contributed by atoms with Gasteiger partial charge in [-0.2, -0.15) is 0 Å². The number of hydrogen-bond donors (Lipinski definition) is 1. The van der Waals surface area contributed by atoms with Crippen LogP contribution in [0.15, 0.2) is 16.3 Å². The molecule has 1 fully saturated rings. The zero-order chi connectivity index (χ0) is 14.8. The third kappa shape index (κ3) is 3.80. The number of rotatable bonds is 4. The number of thiophene rings is 1. The molecule has 0 aliphatic carbocycles. The van der Waals surface area contributed by atoms with Gasteiger partial charge in [-0.1, -0.05) is 6.92 Å². The molecule has 1 aliphatic heterocycles. The molecule has 0 radical (unpaired) electrons. The second-order valence-corrected chi connectivity index (χ2v) is 8.56. The summed E-state index contributed by atoms with van der Waals surface area (Å²) in [7, 11) is -3.57. The van der Waals surface area contributed by atoms with E-state index >= 15 is 0 Å². The molecule has 2 rings (SSSR count). The van der Waals surface area contributed by atoms with Gasteiger partial charge in [0.1, 0.15) is 4.21 Å². The predicted molar refractivity (Wildman–Crippen MR) is 79.2 cm³/mol. The van der Waals surface area contributed by atoms with Crippen molar-refractivity contribution in [1.82, 2.24) is 9.62 Å². The van der Waals surface area contributed by atoms with Gasteiger partial charge in [-0.05, 0) is 37.8 Å². The predicted octanol–water partition coefficient (Wildman–Crippen LogP) is 1.59. The largest absolute Gasteiger partial charge is 0.341 e. The highest BCUT2D eigenvalue weighted by atomic mass is 32.2. The summed E-state index contributed by atoms with van der Waals surface area (Å²) < 4.78 is 26.7. The van der Waals surface area contributed by atoms with Crippen molar-refractivity contribution in [3.05, 3.63) is 17.0 Å². The topological polar surface area (TPSA) is 66.5 Å². The summed E-state index contributed by atoms with van der Waals surface area (Å²) in [4.78, 5) is 14.7. The fraction of sp³-hybridized carbons (Fsp3) is 0.615. The van der Waals surface area contributed by atoms with Gasteiger partial charge in [0.2, 0.25) is 5.91 Å². The average Bonchev–Trinajstić information content (AvgIpc) is 2.83. The van der Waals surface area contributed by atoms with Gasteiger partial charge in [0.25, 0.3) is 10.0 Å². The first-order valence-electron chi connectivity index (χ1n) is 6.72. The molecule has 1 atom stereocenters. The number of hydrogen-bond acceptors (Lipinski definition) is 4. The van der Waals surface area contributed by atoms with Crippen LogP contribution < -0.4 is 4.72 Å². The third-order valence-corrected chi connectivity index (χ3v) is 6.30. The summed E-state index contributed by atoms with van der Waals surface area (Å²) in [5, 5.41) is 0. The molecule has 1 saturated heterocycles. The van der Waals surface area contributed by atoms with E-state index in [-0.39, 0.29) is 16.7 Å². The molecule has 1 aliphatic rings. The molecule has 0 aromatic carbocycles. The lowest BCUT2D eigenvalue weighted by molar-refractivity contribution is -0.131. The van der Waals surface area contributed by atoms with Gasteiger partial charge in [0, 0.05) is 18.0 Å². The van der Waals surface area contributed by atoms with Crippen molar-refractivity contribution in [1.29, 1.82) is 0 Å². The number of nitrogens with zero attached hydrogens (tertiary/aromatic N) is 1. The maximum atomic E-state index is 12.0. The minimum atomic E-state index is -3.57. The number of likely N-dealkylation sites (tertiary alicyclic amines) is 1.